The van der Waals surface area contributed by atoms with E-state index in [-0.39, 0.29) is 0 Å². The fraction of sp³-hybridized carbons (Fsp3) is 0.857. The van der Waals surface area contributed by atoms with E-state index < -0.39 is 0 Å². The first-order valence-corrected chi connectivity index (χ1v) is 3.53. The van der Waals surface area contributed by atoms with Crippen LogP contribution in [0.25, 0.3) is 0 Å². The van der Waals surface area contributed by atoms with Crippen molar-refractivity contribution in [1.82, 2.24) is 0 Å². The molecule has 0 rings (SSSR count). The van der Waals surface area contributed by atoms with Crippen LogP contribution < -0.4 is 0 Å². The van der Waals surface area contributed by atoms with Gasteiger partial charge in [-0.05, 0) is 30.5 Å². The van der Waals surface area contributed by atoms with Gasteiger partial charge in [0.2, 0.25) is 0 Å². The topological polar surface area (TPSA) is 0 Å². The Hall–Kier alpha value is 0.0900. The lowest BCUT2D eigenvalue weighted by atomic mass is 10.1. The third kappa shape index (κ3) is 6.09. The van der Waals surface area contributed by atoms with E-state index >= 15 is 0 Å². The smallest absolute Gasteiger partial charge is 0.0102 e. The molecule has 0 unspecified atom stereocenters. The Morgan fingerprint density at radius 2 is 2.00 bits per heavy atom. The maximum absolute atomic E-state index is 4.91. The van der Waals surface area contributed by atoms with Gasteiger partial charge in [0.05, 0.1) is 0 Å². The van der Waals surface area contributed by atoms with E-state index in [0.717, 1.165) is 17.2 Å². The summed E-state index contributed by atoms with van der Waals surface area (Å²) in [4.78, 5) is 1.14. The van der Waals surface area contributed by atoms with Gasteiger partial charge in [-0.1, -0.05) is 26.1 Å². The highest BCUT2D eigenvalue weighted by atomic mass is 32.1. The molecule has 1 heteroatoms. The maximum atomic E-state index is 4.91. The highest BCUT2D eigenvalue weighted by Crippen LogP contribution is 2.03. The molecule has 0 aromatic carbocycles. The van der Waals surface area contributed by atoms with E-state index in [1.807, 2.05) is 6.92 Å². The lowest BCUT2D eigenvalue weighted by molar-refractivity contribution is 0.605. The van der Waals surface area contributed by atoms with E-state index in [0.29, 0.717) is 0 Å². The largest absolute Gasteiger partial charge is 0.0900 e. The van der Waals surface area contributed by atoms with Crippen molar-refractivity contribution in [3.05, 3.63) is 0 Å². The molecule has 0 aliphatic rings. The Morgan fingerprint density at radius 1 is 1.50 bits per heavy atom. The second kappa shape index (κ2) is 4.02. The molecule has 0 amide bonds. The third-order valence-corrected chi connectivity index (χ3v) is 1.28. The molecule has 0 N–H and O–H groups in total. The van der Waals surface area contributed by atoms with Crippen molar-refractivity contribution >= 4 is 17.1 Å². The summed E-state index contributed by atoms with van der Waals surface area (Å²) in [5, 5.41) is 0. The van der Waals surface area contributed by atoms with Crippen molar-refractivity contribution in [3.63, 3.8) is 0 Å². The normalized spacial score (nSPS) is 10.0. The average molecular weight is 130 g/mol. The monoisotopic (exact) mass is 130 g/mol. The Labute approximate surface area is 57.3 Å². The fourth-order valence-electron chi connectivity index (χ4n) is 0.492. The van der Waals surface area contributed by atoms with Crippen molar-refractivity contribution in [3.8, 4) is 0 Å². The summed E-state index contributed by atoms with van der Waals surface area (Å²) in [5.41, 5.74) is 0. The Balaban J connectivity index is 3.05. The lowest BCUT2D eigenvalue weighted by Crippen LogP contribution is -1.91. The van der Waals surface area contributed by atoms with E-state index in [1.54, 1.807) is 0 Å². The molecule has 0 aliphatic heterocycles. The van der Waals surface area contributed by atoms with Crippen LogP contribution >= 0.6 is 12.2 Å². The number of rotatable bonds is 3. The Bertz CT molecular complexity index is 74.5. The van der Waals surface area contributed by atoms with Crippen LogP contribution in [-0.4, -0.2) is 4.86 Å². The van der Waals surface area contributed by atoms with E-state index in [4.69, 9.17) is 12.2 Å². The van der Waals surface area contributed by atoms with Crippen molar-refractivity contribution in [2.75, 3.05) is 0 Å². The zero-order chi connectivity index (χ0) is 6.57. The van der Waals surface area contributed by atoms with Crippen LogP contribution in [0.15, 0.2) is 0 Å². The molecule has 0 aliphatic carbocycles. The molecule has 0 spiro atoms. The van der Waals surface area contributed by atoms with E-state index in [9.17, 15) is 0 Å². The van der Waals surface area contributed by atoms with Crippen molar-refractivity contribution < 1.29 is 0 Å². The van der Waals surface area contributed by atoms with Crippen LogP contribution in [0, 0.1) is 5.92 Å². The van der Waals surface area contributed by atoms with Gasteiger partial charge in [-0.25, -0.2) is 0 Å². The summed E-state index contributed by atoms with van der Waals surface area (Å²) in [5.74, 6) is 0.799. The first kappa shape index (κ1) is 8.09. The van der Waals surface area contributed by atoms with Gasteiger partial charge in [-0.2, -0.15) is 0 Å². The van der Waals surface area contributed by atoms with Gasteiger partial charge >= 0.3 is 0 Å². The molecule has 0 aromatic rings. The average Bonchev–Trinajstić information content (AvgIpc) is 1.61. The van der Waals surface area contributed by atoms with Crippen molar-refractivity contribution in [1.29, 1.82) is 0 Å². The zero-order valence-corrected chi connectivity index (χ0v) is 6.72. The molecule has 0 heterocycles. The van der Waals surface area contributed by atoms with Gasteiger partial charge < -0.3 is 0 Å². The summed E-state index contributed by atoms with van der Waals surface area (Å²) in [6, 6.07) is 0. The Kier molecular flexibility index (Phi) is 4.06. The first-order valence-electron chi connectivity index (χ1n) is 3.12. The quantitative estimate of drug-likeness (QED) is 0.529. The fourth-order valence-corrected chi connectivity index (χ4v) is 0.610. The molecule has 0 fully saturated rings. The molecule has 48 valence electrons. The molecule has 8 heavy (non-hydrogen) atoms. The molecular formula is C7H14S. The molecule has 0 nitrogen and oxygen atoms in total. The number of hydrogen-bond donors (Lipinski definition) is 0. The number of hydrogen-bond acceptors (Lipinski definition) is 1. The van der Waals surface area contributed by atoms with Gasteiger partial charge in [0.15, 0.2) is 0 Å². The van der Waals surface area contributed by atoms with Crippen LogP contribution in [0.5, 0.6) is 0 Å². The van der Waals surface area contributed by atoms with Crippen LogP contribution in [0.4, 0.5) is 0 Å². The molecule has 0 saturated carbocycles. The van der Waals surface area contributed by atoms with Crippen molar-refractivity contribution in [2.24, 2.45) is 5.92 Å². The minimum atomic E-state index is 0.799. The summed E-state index contributed by atoms with van der Waals surface area (Å²) in [6.45, 7) is 6.45. The number of thiocarbonyl (C=S) groups is 1. The van der Waals surface area contributed by atoms with Crippen LogP contribution in [0.2, 0.25) is 0 Å². The van der Waals surface area contributed by atoms with Gasteiger partial charge in [0.25, 0.3) is 0 Å². The zero-order valence-electron chi connectivity index (χ0n) is 5.90. The minimum Gasteiger partial charge on any atom is -0.0900 e. The molecule has 0 aromatic heterocycles. The minimum absolute atomic E-state index is 0.799. The molecule has 0 atom stereocenters. The Morgan fingerprint density at radius 3 is 2.12 bits per heavy atom. The highest BCUT2D eigenvalue weighted by Gasteiger charge is 1.92. The van der Waals surface area contributed by atoms with Gasteiger partial charge in [-0.15, -0.1) is 0 Å². The highest BCUT2D eigenvalue weighted by molar-refractivity contribution is 7.80. The summed E-state index contributed by atoms with van der Waals surface area (Å²) in [6.07, 6.45) is 2.36. The molecule has 0 bridgehead atoms. The van der Waals surface area contributed by atoms with E-state index in [1.165, 1.54) is 6.42 Å². The molecule has 0 radical (unpaired) electrons. The van der Waals surface area contributed by atoms with E-state index in [2.05, 4.69) is 13.8 Å². The predicted octanol–water partition coefficient (Wildman–Crippen LogP) is 2.81. The molecular weight excluding hydrogens is 116 g/mol. The van der Waals surface area contributed by atoms with Crippen molar-refractivity contribution in [2.45, 2.75) is 33.6 Å². The predicted molar refractivity (Wildman–Crippen MR) is 42.3 cm³/mol. The summed E-state index contributed by atoms with van der Waals surface area (Å²) >= 11 is 4.91. The lowest BCUT2D eigenvalue weighted by Gasteiger charge is -2.00. The van der Waals surface area contributed by atoms with Gasteiger partial charge in [0.1, 0.15) is 0 Å². The maximum Gasteiger partial charge on any atom is -0.0102 e. The molecule has 0 saturated heterocycles. The summed E-state index contributed by atoms with van der Waals surface area (Å²) in [7, 11) is 0. The SMILES string of the molecule is CC(=S)CCC(C)C. The van der Waals surface area contributed by atoms with Gasteiger partial charge in [0, 0.05) is 0 Å². The summed E-state index contributed by atoms with van der Waals surface area (Å²) < 4.78 is 0. The first-order chi connectivity index (χ1) is 3.63. The second-order valence-corrected chi connectivity index (χ2v) is 3.33. The van der Waals surface area contributed by atoms with Crippen LogP contribution in [0.3, 0.4) is 0 Å². The van der Waals surface area contributed by atoms with Gasteiger partial charge in [-0.3, -0.25) is 0 Å². The second-order valence-electron chi connectivity index (χ2n) is 2.63. The van der Waals surface area contributed by atoms with Crippen LogP contribution in [-0.2, 0) is 0 Å². The van der Waals surface area contributed by atoms with Crippen LogP contribution in [0.1, 0.15) is 33.6 Å². The standard InChI is InChI=1S/C7H14S/c1-6(2)4-5-7(3)8/h6H,4-5H2,1-3H3. The third-order valence-electron chi connectivity index (χ3n) is 1.07.